The van der Waals surface area contributed by atoms with Crippen LogP contribution < -0.4 is 0 Å². The number of phosphoric acid groups is 1. The highest BCUT2D eigenvalue weighted by Gasteiger charge is 2.31. The summed E-state index contributed by atoms with van der Waals surface area (Å²) in [6.07, 6.45) is 0.451. The molecule has 0 radical (unpaired) electrons. The molecular weight excluding hydrogens is 207 g/mol. The molecule has 0 aromatic rings. The van der Waals surface area contributed by atoms with Gasteiger partial charge in [-0.05, 0) is 33.0 Å². The van der Waals surface area contributed by atoms with Crippen LogP contribution in [0.4, 0.5) is 0 Å². The molecule has 1 N–H and O–H groups in total. The average Bonchev–Trinajstić information content (AvgIpc) is 1.80. The van der Waals surface area contributed by atoms with Gasteiger partial charge >= 0.3 is 7.82 Å². The van der Waals surface area contributed by atoms with Crippen LogP contribution in [0.3, 0.4) is 0 Å². The van der Waals surface area contributed by atoms with Gasteiger partial charge in [0.1, 0.15) is 0 Å². The summed E-state index contributed by atoms with van der Waals surface area (Å²) in [4.78, 5) is 9.30. The second-order valence-electron chi connectivity index (χ2n) is 4.00. The standard InChI is InChI=1S/C7H19O4PSi/c1-6-7(2)10-12(8,9)11-13(3,4)5/h7H,6H2,1-5H3,(H,8,9). The second-order valence-corrected chi connectivity index (χ2v) is 10.1. The molecule has 6 heteroatoms. The van der Waals surface area contributed by atoms with E-state index in [-0.39, 0.29) is 6.10 Å². The van der Waals surface area contributed by atoms with Crippen molar-refractivity contribution in [3.05, 3.63) is 0 Å². The van der Waals surface area contributed by atoms with Crippen molar-refractivity contribution >= 4 is 16.1 Å². The van der Waals surface area contributed by atoms with Crippen LogP contribution in [-0.2, 0) is 13.3 Å². The van der Waals surface area contributed by atoms with E-state index >= 15 is 0 Å². The van der Waals surface area contributed by atoms with Crippen molar-refractivity contribution in [1.29, 1.82) is 0 Å². The van der Waals surface area contributed by atoms with Crippen molar-refractivity contribution in [2.24, 2.45) is 0 Å². The fraction of sp³-hybridized carbons (Fsp3) is 1.00. The van der Waals surface area contributed by atoms with Crippen molar-refractivity contribution in [2.45, 2.75) is 46.0 Å². The predicted octanol–water partition coefficient (Wildman–Crippen LogP) is 2.75. The van der Waals surface area contributed by atoms with E-state index in [9.17, 15) is 9.46 Å². The molecule has 4 nitrogen and oxygen atoms in total. The highest BCUT2D eigenvalue weighted by molar-refractivity contribution is 7.49. The van der Waals surface area contributed by atoms with E-state index in [1.807, 2.05) is 26.6 Å². The summed E-state index contributed by atoms with van der Waals surface area (Å²) in [5.41, 5.74) is 0. The van der Waals surface area contributed by atoms with E-state index in [1.54, 1.807) is 6.92 Å². The summed E-state index contributed by atoms with van der Waals surface area (Å²) in [7, 11) is -5.84. The number of hydrogen-bond donors (Lipinski definition) is 1. The molecule has 0 fully saturated rings. The van der Waals surface area contributed by atoms with Crippen molar-refractivity contribution in [2.75, 3.05) is 0 Å². The maximum Gasteiger partial charge on any atom is 0.462 e. The average molecular weight is 226 g/mol. The first-order valence-electron chi connectivity index (χ1n) is 4.38. The second kappa shape index (κ2) is 4.71. The predicted molar refractivity (Wildman–Crippen MR) is 55.1 cm³/mol. The minimum Gasteiger partial charge on any atom is -0.330 e. The highest BCUT2D eigenvalue weighted by atomic mass is 31.2. The van der Waals surface area contributed by atoms with E-state index in [2.05, 4.69) is 0 Å². The first-order valence-corrected chi connectivity index (χ1v) is 9.28. The van der Waals surface area contributed by atoms with Gasteiger partial charge in [0.05, 0.1) is 6.10 Å². The van der Waals surface area contributed by atoms with E-state index in [1.165, 1.54) is 0 Å². The van der Waals surface area contributed by atoms with Crippen LogP contribution in [0.2, 0.25) is 19.6 Å². The lowest BCUT2D eigenvalue weighted by atomic mass is 10.3. The Morgan fingerprint density at radius 2 is 1.92 bits per heavy atom. The maximum atomic E-state index is 11.3. The first kappa shape index (κ1) is 13.3. The monoisotopic (exact) mass is 226 g/mol. The highest BCUT2D eigenvalue weighted by Crippen LogP contribution is 2.47. The molecule has 0 aromatic heterocycles. The lowest BCUT2D eigenvalue weighted by Gasteiger charge is -2.23. The molecule has 0 aliphatic carbocycles. The third-order valence-electron chi connectivity index (χ3n) is 1.28. The van der Waals surface area contributed by atoms with Crippen LogP contribution in [0, 0.1) is 0 Å². The van der Waals surface area contributed by atoms with Gasteiger partial charge in [-0.2, -0.15) is 0 Å². The van der Waals surface area contributed by atoms with Gasteiger partial charge in [-0.25, -0.2) is 4.57 Å². The normalized spacial score (nSPS) is 19.5. The summed E-state index contributed by atoms with van der Waals surface area (Å²) in [6.45, 7) is 9.16. The van der Waals surface area contributed by atoms with E-state index in [4.69, 9.17) is 8.74 Å². The summed E-state index contributed by atoms with van der Waals surface area (Å²) in [5.74, 6) is 0. The Kier molecular flexibility index (Phi) is 4.83. The Hall–Kier alpha value is 0.327. The van der Waals surface area contributed by atoms with Gasteiger partial charge in [0, 0.05) is 0 Å². The van der Waals surface area contributed by atoms with Gasteiger partial charge in [-0.15, -0.1) is 0 Å². The third-order valence-corrected chi connectivity index (χ3v) is 5.02. The minimum absolute atomic E-state index is 0.243. The van der Waals surface area contributed by atoms with Gasteiger partial charge in [0.25, 0.3) is 0 Å². The van der Waals surface area contributed by atoms with Gasteiger partial charge in [-0.1, -0.05) is 6.92 Å². The summed E-state index contributed by atoms with van der Waals surface area (Å²) in [5, 5.41) is 0. The van der Waals surface area contributed by atoms with Crippen molar-refractivity contribution in [3.8, 4) is 0 Å². The van der Waals surface area contributed by atoms with E-state index in [0.29, 0.717) is 6.42 Å². The van der Waals surface area contributed by atoms with Crippen LogP contribution in [0.15, 0.2) is 0 Å². The zero-order valence-corrected chi connectivity index (χ0v) is 10.8. The quantitative estimate of drug-likeness (QED) is 0.578. The van der Waals surface area contributed by atoms with E-state index in [0.717, 1.165) is 0 Å². The molecule has 80 valence electrons. The number of hydrogen-bond acceptors (Lipinski definition) is 3. The Morgan fingerprint density at radius 1 is 1.46 bits per heavy atom. The first-order chi connectivity index (χ1) is 5.66. The molecule has 2 atom stereocenters. The molecule has 0 spiro atoms. The van der Waals surface area contributed by atoms with Crippen molar-refractivity contribution in [3.63, 3.8) is 0 Å². The van der Waals surface area contributed by atoms with Crippen LogP contribution >= 0.6 is 7.82 Å². The molecule has 0 aliphatic rings. The van der Waals surface area contributed by atoms with Gasteiger partial charge in [0.15, 0.2) is 8.32 Å². The largest absolute Gasteiger partial charge is 0.462 e. The van der Waals surface area contributed by atoms with Gasteiger partial charge in [0.2, 0.25) is 0 Å². The van der Waals surface area contributed by atoms with Crippen LogP contribution in [-0.4, -0.2) is 19.3 Å². The molecule has 0 heterocycles. The lowest BCUT2D eigenvalue weighted by Crippen LogP contribution is -2.24. The van der Waals surface area contributed by atoms with Crippen LogP contribution in [0.5, 0.6) is 0 Å². The zero-order valence-electron chi connectivity index (χ0n) is 8.90. The number of phosphoric ester groups is 1. The maximum absolute atomic E-state index is 11.3. The van der Waals surface area contributed by atoms with Crippen LogP contribution in [0.1, 0.15) is 20.3 Å². The Balaban J connectivity index is 4.17. The molecule has 0 rings (SSSR count). The topological polar surface area (TPSA) is 55.8 Å². The van der Waals surface area contributed by atoms with E-state index < -0.39 is 16.1 Å². The Labute approximate surface area is 81.0 Å². The van der Waals surface area contributed by atoms with Crippen LogP contribution in [0.25, 0.3) is 0 Å². The summed E-state index contributed by atoms with van der Waals surface area (Å²) < 4.78 is 21.3. The van der Waals surface area contributed by atoms with Gasteiger partial charge < -0.3 is 9.11 Å². The summed E-state index contributed by atoms with van der Waals surface area (Å²) in [6, 6.07) is 0. The smallest absolute Gasteiger partial charge is 0.330 e. The fourth-order valence-electron chi connectivity index (χ4n) is 0.670. The molecule has 0 saturated carbocycles. The zero-order chi connectivity index (χ0) is 10.7. The van der Waals surface area contributed by atoms with Gasteiger partial charge in [-0.3, -0.25) is 4.52 Å². The molecular formula is C7H19O4PSi. The molecule has 0 saturated heterocycles. The van der Waals surface area contributed by atoms with Crippen molar-refractivity contribution < 1.29 is 18.2 Å². The third kappa shape index (κ3) is 7.40. The molecule has 0 aromatic carbocycles. The van der Waals surface area contributed by atoms with Crippen molar-refractivity contribution in [1.82, 2.24) is 0 Å². The molecule has 0 amide bonds. The number of rotatable bonds is 5. The Bertz CT molecular complexity index is 201. The Morgan fingerprint density at radius 3 is 2.23 bits per heavy atom. The molecule has 0 aliphatic heterocycles. The SMILES string of the molecule is CCC(C)OP(=O)(O)O[Si](C)(C)C. The molecule has 0 bridgehead atoms. The molecule has 13 heavy (non-hydrogen) atoms. The summed E-state index contributed by atoms with van der Waals surface area (Å²) >= 11 is 0. The lowest BCUT2D eigenvalue weighted by molar-refractivity contribution is 0.146. The minimum atomic E-state index is -3.82. The molecule has 2 unspecified atom stereocenters. The fourth-order valence-corrected chi connectivity index (χ4v) is 4.21.